The first-order chi connectivity index (χ1) is 11.0. The van der Waals surface area contributed by atoms with Crippen LogP contribution < -0.4 is 0 Å². The molecule has 1 atom stereocenters. The van der Waals surface area contributed by atoms with E-state index >= 15 is 0 Å². The molecule has 126 valence electrons. The van der Waals surface area contributed by atoms with Crippen LogP contribution in [0.3, 0.4) is 0 Å². The molecule has 6 heteroatoms. The molecule has 0 radical (unpaired) electrons. The van der Waals surface area contributed by atoms with E-state index in [2.05, 4.69) is 22.9 Å². The van der Waals surface area contributed by atoms with Crippen LogP contribution in [0.1, 0.15) is 53.3 Å². The number of hydrogen-bond acceptors (Lipinski definition) is 3. The van der Waals surface area contributed by atoms with Crippen molar-refractivity contribution < 1.29 is 19.4 Å². The Labute approximate surface area is 144 Å². The molecule has 1 amide bonds. The summed E-state index contributed by atoms with van der Waals surface area (Å²) < 4.78 is 6.39. The summed E-state index contributed by atoms with van der Waals surface area (Å²) in [4.78, 5) is 25.6. The number of carbonyl (C=O) groups is 2. The lowest BCUT2D eigenvalue weighted by molar-refractivity contribution is 0.0432. The topological polar surface area (TPSA) is 66.8 Å². The molecule has 1 saturated heterocycles. The molecule has 23 heavy (non-hydrogen) atoms. The minimum atomic E-state index is -1.04. The Morgan fingerprint density at radius 3 is 2.70 bits per heavy atom. The summed E-state index contributed by atoms with van der Waals surface area (Å²) in [6, 6.07) is 4.60. The lowest BCUT2D eigenvalue weighted by Gasteiger charge is -2.21. The second-order valence-corrected chi connectivity index (χ2v) is 6.67. The minimum Gasteiger partial charge on any atom is -0.478 e. The molecule has 0 saturated carbocycles. The maximum absolute atomic E-state index is 12.7. The number of carboxylic acids is 1. The predicted molar refractivity (Wildman–Crippen MR) is 90.9 cm³/mol. The number of carbonyl (C=O) groups excluding carboxylic acids is 1. The lowest BCUT2D eigenvalue weighted by Crippen LogP contribution is -2.32. The van der Waals surface area contributed by atoms with Gasteiger partial charge in [-0.15, -0.1) is 0 Å². The van der Waals surface area contributed by atoms with Crippen molar-refractivity contribution in [2.24, 2.45) is 0 Å². The number of rotatable bonds is 5. The zero-order valence-electron chi connectivity index (χ0n) is 13.3. The van der Waals surface area contributed by atoms with E-state index in [0.29, 0.717) is 23.1 Å². The number of carboxylic acid groups (broad SMARTS) is 1. The van der Waals surface area contributed by atoms with Crippen LogP contribution in [0.25, 0.3) is 0 Å². The van der Waals surface area contributed by atoms with Gasteiger partial charge in [-0.1, -0.05) is 22.9 Å². The fourth-order valence-corrected chi connectivity index (χ4v) is 3.23. The van der Waals surface area contributed by atoms with E-state index in [1.165, 1.54) is 12.1 Å². The number of aromatic carboxylic acids is 1. The van der Waals surface area contributed by atoms with Crippen molar-refractivity contribution in [1.29, 1.82) is 0 Å². The van der Waals surface area contributed by atoms with E-state index in [1.54, 1.807) is 11.0 Å². The van der Waals surface area contributed by atoms with Gasteiger partial charge in [-0.25, -0.2) is 4.79 Å². The Morgan fingerprint density at radius 1 is 1.26 bits per heavy atom. The highest BCUT2D eigenvalue weighted by molar-refractivity contribution is 9.10. The fraction of sp³-hybridized carbons (Fsp3) is 0.529. The van der Waals surface area contributed by atoms with E-state index in [4.69, 9.17) is 9.84 Å². The van der Waals surface area contributed by atoms with Crippen molar-refractivity contribution in [3.63, 3.8) is 0 Å². The number of halogens is 1. The highest BCUT2D eigenvalue weighted by Gasteiger charge is 2.22. The standard InChI is InChI=1S/C17H22BrNO4/c1-2-8-23-15-4-3-6-19(7-5-15)16(20)12-9-13(17(21)22)11-14(18)10-12/h9-11,15H,2-8H2,1H3,(H,21,22). The molecular formula is C17H22BrNO4. The first-order valence-electron chi connectivity index (χ1n) is 7.96. The molecule has 1 fully saturated rings. The van der Waals surface area contributed by atoms with Crippen LogP contribution in [0.2, 0.25) is 0 Å². The normalized spacial score (nSPS) is 18.5. The Bertz CT molecular complexity index is 576. The van der Waals surface area contributed by atoms with Gasteiger partial charge in [0.15, 0.2) is 0 Å². The van der Waals surface area contributed by atoms with Gasteiger partial charge in [-0.05, 0) is 43.9 Å². The highest BCUT2D eigenvalue weighted by Crippen LogP contribution is 2.20. The van der Waals surface area contributed by atoms with Crippen LogP contribution in [-0.2, 0) is 4.74 Å². The third-order valence-electron chi connectivity index (χ3n) is 3.91. The fourth-order valence-electron chi connectivity index (χ4n) is 2.74. The average molecular weight is 384 g/mol. The van der Waals surface area contributed by atoms with Gasteiger partial charge in [-0.2, -0.15) is 0 Å². The number of nitrogens with zero attached hydrogens (tertiary/aromatic N) is 1. The monoisotopic (exact) mass is 383 g/mol. The molecule has 5 nitrogen and oxygen atoms in total. The first kappa shape index (κ1) is 17.9. The minimum absolute atomic E-state index is 0.113. The smallest absolute Gasteiger partial charge is 0.335 e. The SMILES string of the molecule is CCCOC1CCCN(C(=O)c2cc(Br)cc(C(=O)O)c2)CC1. The van der Waals surface area contributed by atoms with Crippen molar-refractivity contribution in [2.45, 2.75) is 38.7 Å². The van der Waals surface area contributed by atoms with Crippen molar-refractivity contribution >= 4 is 27.8 Å². The molecule has 1 aliphatic rings. The lowest BCUT2D eigenvalue weighted by atomic mass is 10.1. The molecule has 0 bridgehead atoms. The van der Waals surface area contributed by atoms with Crippen LogP contribution in [-0.4, -0.2) is 47.7 Å². The molecule has 1 unspecified atom stereocenters. The van der Waals surface area contributed by atoms with Gasteiger partial charge < -0.3 is 14.7 Å². The number of likely N-dealkylation sites (tertiary alicyclic amines) is 1. The average Bonchev–Trinajstić information content (AvgIpc) is 2.77. The van der Waals surface area contributed by atoms with Gasteiger partial charge in [0, 0.05) is 29.7 Å². The van der Waals surface area contributed by atoms with Crippen molar-refractivity contribution in [1.82, 2.24) is 4.90 Å². The van der Waals surface area contributed by atoms with Crippen LogP contribution in [0.15, 0.2) is 22.7 Å². The first-order valence-corrected chi connectivity index (χ1v) is 8.75. The third kappa shape index (κ3) is 5.04. The summed E-state index contributed by atoms with van der Waals surface area (Å²) in [5.74, 6) is -1.16. The Balaban J connectivity index is 2.07. The van der Waals surface area contributed by atoms with Gasteiger partial charge in [0.2, 0.25) is 0 Å². The van der Waals surface area contributed by atoms with Crippen LogP contribution >= 0.6 is 15.9 Å². The maximum Gasteiger partial charge on any atom is 0.335 e. The Kier molecular flexibility index (Phi) is 6.59. The maximum atomic E-state index is 12.7. The molecular weight excluding hydrogens is 362 g/mol. The van der Waals surface area contributed by atoms with Crippen LogP contribution in [0.5, 0.6) is 0 Å². The van der Waals surface area contributed by atoms with Crippen LogP contribution in [0.4, 0.5) is 0 Å². The second kappa shape index (κ2) is 8.45. The van der Waals surface area contributed by atoms with Gasteiger partial charge >= 0.3 is 5.97 Å². The molecule has 1 aromatic carbocycles. The number of amides is 1. The summed E-state index contributed by atoms with van der Waals surface area (Å²) in [5.41, 5.74) is 0.520. The van der Waals surface area contributed by atoms with Crippen molar-refractivity contribution in [3.8, 4) is 0 Å². The predicted octanol–water partition coefficient (Wildman–Crippen LogP) is 3.57. The summed E-state index contributed by atoms with van der Waals surface area (Å²) in [6.45, 7) is 4.16. The van der Waals surface area contributed by atoms with Crippen molar-refractivity contribution in [2.75, 3.05) is 19.7 Å². The summed E-state index contributed by atoms with van der Waals surface area (Å²) in [6.07, 6.45) is 3.90. The molecule has 1 heterocycles. The number of benzene rings is 1. The molecule has 1 aromatic rings. The third-order valence-corrected chi connectivity index (χ3v) is 4.37. The summed E-state index contributed by atoms with van der Waals surface area (Å²) in [5, 5.41) is 9.13. The molecule has 0 spiro atoms. The van der Waals surface area contributed by atoms with Gasteiger partial charge in [-0.3, -0.25) is 4.79 Å². The van der Waals surface area contributed by atoms with Gasteiger partial charge in [0.05, 0.1) is 11.7 Å². The Morgan fingerprint density at radius 2 is 2.00 bits per heavy atom. The van der Waals surface area contributed by atoms with Crippen LogP contribution in [0, 0.1) is 0 Å². The molecule has 0 aliphatic carbocycles. The van der Waals surface area contributed by atoms with E-state index < -0.39 is 5.97 Å². The second-order valence-electron chi connectivity index (χ2n) is 5.75. The van der Waals surface area contributed by atoms with Crippen molar-refractivity contribution in [3.05, 3.63) is 33.8 Å². The van der Waals surface area contributed by atoms with Gasteiger partial charge in [0.25, 0.3) is 5.91 Å². The van der Waals surface area contributed by atoms with Gasteiger partial charge in [0.1, 0.15) is 0 Å². The molecule has 0 aromatic heterocycles. The molecule has 1 N–H and O–H groups in total. The van der Waals surface area contributed by atoms with E-state index in [0.717, 1.165) is 32.3 Å². The quantitative estimate of drug-likeness (QED) is 0.843. The summed E-state index contributed by atoms with van der Waals surface area (Å²) >= 11 is 3.27. The zero-order valence-corrected chi connectivity index (χ0v) is 14.8. The van der Waals surface area contributed by atoms with E-state index in [1.807, 2.05) is 0 Å². The highest BCUT2D eigenvalue weighted by atomic mass is 79.9. The number of ether oxygens (including phenoxy) is 1. The van der Waals surface area contributed by atoms with E-state index in [-0.39, 0.29) is 17.6 Å². The molecule has 2 rings (SSSR count). The Hall–Kier alpha value is -1.40. The van der Waals surface area contributed by atoms with E-state index in [9.17, 15) is 9.59 Å². The molecule has 1 aliphatic heterocycles. The zero-order chi connectivity index (χ0) is 16.8. The summed E-state index contributed by atoms with van der Waals surface area (Å²) in [7, 11) is 0. The largest absolute Gasteiger partial charge is 0.478 e. The number of hydrogen-bond donors (Lipinski definition) is 1.